The van der Waals surface area contributed by atoms with Gasteiger partial charge in [-0.1, -0.05) is 17.8 Å². The van der Waals surface area contributed by atoms with Gasteiger partial charge in [-0.05, 0) is 23.6 Å². The minimum absolute atomic E-state index is 0.459. The van der Waals surface area contributed by atoms with Crippen molar-refractivity contribution >= 4 is 23.1 Å². The first-order valence-corrected chi connectivity index (χ1v) is 5.65. The summed E-state index contributed by atoms with van der Waals surface area (Å²) in [5, 5.41) is 10.6. The molecule has 2 aromatic rings. The summed E-state index contributed by atoms with van der Waals surface area (Å²) in [4.78, 5) is 5.06. The van der Waals surface area contributed by atoms with E-state index in [4.69, 9.17) is 5.26 Å². The smallest absolute Gasteiger partial charge is 0.140 e. The largest absolute Gasteiger partial charge is 0.244 e. The molecule has 0 fully saturated rings. The predicted molar refractivity (Wildman–Crippen MR) is 57.4 cm³/mol. The Kier molecular flexibility index (Phi) is 2.82. The van der Waals surface area contributed by atoms with Gasteiger partial charge in [0.1, 0.15) is 11.8 Å². The monoisotopic (exact) mass is 218 g/mol. The van der Waals surface area contributed by atoms with Crippen LogP contribution < -0.4 is 0 Å². The van der Waals surface area contributed by atoms with Crippen LogP contribution in [-0.4, -0.2) is 4.98 Å². The molecule has 0 radical (unpaired) electrons. The second-order valence-electron chi connectivity index (χ2n) is 2.53. The molecule has 0 aliphatic rings. The molecule has 0 aliphatic heterocycles. The van der Waals surface area contributed by atoms with Crippen molar-refractivity contribution in [2.24, 2.45) is 0 Å². The van der Waals surface area contributed by atoms with Crippen molar-refractivity contribution in [3.63, 3.8) is 0 Å². The Morgan fingerprint density at radius 1 is 1.36 bits per heavy atom. The summed E-state index contributed by atoms with van der Waals surface area (Å²) in [7, 11) is 0. The van der Waals surface area contributed by atoms with E-state index >= 15 is 0 Å². The summed E-state index contributed by atoms with van der Waals surface area (Å²) < 4.78 is 1.23. The Morgan fingerprint density at radius 3 is 2.86 bits per heavy atom. The van der Waals surface area contributed by atoms with E-state index in [1.54, 1.807) is 35.4 Å². The predicted octanol–water partition coefficient (Wildman–Crippen LogP) is 3.17. The summed E-state index contributed by atoms with van der Waals surface area (Å²) in [6, 6.07) is 9.72. The highest BCUT2D eigenvalue weighted by atomic mass is 32.2. The molecule has 0 saturated heterocycles. The number of hydrogen-bond acceptors (Lipinski definition) is 4. The van der Waals surface area contributed by atoms with E-state index in [1.165, 1.54) is 4.21 Å². The molecule has 0 aliphatic carbocycles. The summed E-state index contributed by atoms with van der Waals surface area (Å²) in [5.41, 5.74) is 0.459. The first kappa shape index (κ1) is 9.25. The lowest BCUT2D eigenvalue weighted by atomic mass is 10.4. The van der Waals surface area contributed by atoms with Crippen molar-refractivity contribution in [1.82, 2.24) is 4.98 Å². The van der Waals surface area contributed by atoms with Gasteiger partial charge < -0.3 is 0 Å². The number of nitriles is 1. The van der Waals surface area contributed by atoms with Gasteiger partial charge in [-0.2, -0.15) is 5.26 Å². The molecular formula is C10H6N2S2. The first-order chi connectivity index (χ1) is 6.88. The third-order valence-electron chi connectivity index (χ3n) is 1.56. The number of pyridine rings is 1. The third kappa shape index (κ3) is 2.13. The van der Waals surface area contributed by atoms with Crippen molar-refractivity contribution in [2.45, 2.75) is 9.10 Å². The molecule has 0 bridgehead atoms. The Balaban J connectivity index is 2.15. The average molecular weight is 218 g/mol. The summed E-state index contributed by atoms with van der Waals surface area (Å²) in [6.07, 6.45) is 1.73. The van der Waals surface area contributed by atoms with Gasteiger partial charge in [0.15, 0.2) is 0 Å². The Hall–Kier alpha value is -1.31. The minimum Gasteiger partial charge on any atom is -0.244 e. The molecule has 14 heavy (non-hydrogen) atoms. The van der Waals surface area contributed by atoms with Crippen LogP contribution in [-0.2, 0) is 0 Å². The summed E-state index contributed by atoms with van der Waals surface area (Å²) in [5.74, 6) is 0. The van der Waals surface area contributed by atoms with Crippen LogP contribution in [0.1, 0.15) is 5.69 Å². The van der Waals surface area contributed by atoms with Crippen LogP contribution in [0.15, 0.2) is 44.9 Å². The Bertz CT molecular complexity index is 440. The van der Waals surface area contributed by atoms with Crippen molar-refractivity contribution < 1.29 is 0 Å². The van der Waals surface area contributed by atoms with E-state index in [0.29, 0.717) is 5.69 Å². The van der Waals surface area contributed by atoms with Gasteiger partial charge in [-0.3, -0.25) is 0 Å². The lowest BCUT2D eigenvalue weighted by molar-refractivity contribution is 1.20. The van der Waals surface area contributed by atoms with E-state index < -0.39 is 0 Å². The molecule has 2 nitrogen and oxygen atoms in total. The molecule has 0 atom stereocenters. The molecule has 2 heterocycles. The van der Waals surface area contributed by atoms with Gasteiger partial charge in [-0.25, -0.2) is 4.98 Å². The van der Waals surface area contributed by atoms with Crippen LogP contribution in [0.3, 0.4) is 0 Å². The molecule has 0 spiro atoms. The third-order valence-corrected chi connectivity index (χ3v) is 3.58. The van der Waals surface area contributed by atoms with Crippen LogP contribution in [0, 0.1) is 11.3 Å². The molecule has 0 N–H and O–H groups in total. The zero-order valence-corrected chi connectivity index (χ0v) is 8.81. The maximum atomic E-state index is 8.57. The number of thiophene rings is 1. The molecule has 4 heteroatoms. The van der Waals surface area contributed by atoms with E-state index in [-0.39, 0.29) is 0 Å². The SMILES string of the molecule is N#Cc1ccc(Sc2cccs2)cn1. The van der Waals surface area contributed by atoms with Gasteiger partial charge in [0.25, 0.3) is 0 Å². The number of rotatable bonds is 2. The lowest BCUT2D eigenvalue weighted by Crippen LogP contribution is -1.80. The zero-order valence-electron chi connectivity index (χ0n) is 7.18. The van der Waals surface area contributed by atoms with Gasteiger partial charge in [0, 0.05) is 11.1 Å². The van der Waals surface area contributed by atoms with Crippen LogP contribution in [0.5, 0.6) is 0 Å². The van der Waals surface area contributed by atoms with Crippen LogP contribution in [0.25, 0.3) is 0 Å². The zero-order chi connectivity index (χ0) is 9.80. The lowest BCUT2D eigenvalue weighted by Gasteiger charge is -1.96. The topological polar surface area (TPSA) is 36.7 Å². The molecule has 0 saturated carbocycles. The fourth-order valence-electron chi connectivity index (χ4n) is 0.945. The van der Waals surface area contributed by atoms with Crippen LogP contribution in [0.4, 0.5) is 0 Å². The maximum absolute atomic E-state index is 8.57. The number of hydrogen-bond donors (Lipinski definition) is 0. The van der Waals surface area contributed by atoms with Crippen LogP contribution in [0.2, 0.25) is 0 Å². The van der Waals surface area contributed by atoms with E-state index in [0.717, 1.165) is 4.90 Å². The summed E-state index contributed by atoms with van der Waals surface area (Å²) >= 11 is 3.36. The molecule has 0 aromatic carbocycles. The van der Waals surface area contributed by atoms with Crippen molar-refractivity contribution in [3.05, 3.63) is 41.5 Å². The Morgan fingerprint density at radius 2 is 2.29 bits per heavy atom. The van der Waals surface area contributed by atoms with Crippen LogP contribution >= 0.6 is 23.1 Å². The second kappa shape index (κ2) is 4.27. The molecule has 68 valence electrons. The Labute approximate surface area is 90.2 Å². The number of aromatic nitrogens is 1. The maximum Gasteiger partial charge on any atom is 0.140 e. The highest BCUT2D eigenvalue weighted by molar-refractivity contribution is 8.01. The molecule has 2 rings (SSSR count). The minimum atomic E-state index is 0.459. The highest BCUT2D eigenvalue weighted by Crippen LogP contribution is 2.30. The molecule has 0 unspecified atom stereocenters. The van der Waals surface area contributed by atoms with Crippen molar-refractivity contribution in [3.8, 4) is 6.07 Å². The standard InChI is InChI=1S/C10H6N2S2/c11-6-8-3-4-9(7-12-8)14-10-2-1-5-13-10/h1-5,7H. The molecule has 2 aromatic heterocycles. The highest BCUT2D eigenvalue weighted by Gasteiger charge is 1.98. The van der Waals surface area contributed by atoms with E-state index in [1.807, 2.05) is 23.6 Å². The van der Waals surface area contributed by atoms with E-state index in [9.17, 15) is 0 Å². The van der Waals surface area contributed by atoms with E-state index in [2.05, 4.69) is 11.1 Å². The molecule has 0 amide bonds. The fraction of sp³-hybridized carbons (Fsp3) is 0. The first-order valence-electron chi connectivity index (χ1n) is 3.96. The van der Waals surface area contributed by atoms with Gasteiger partial charge in [-0.15, -0.1) is 11.3 Å². The van der Waals surface area contributed by atoms with Gasteiger partial charge in [0.05, 0.1) is 4.21 Å². The van der Waals surface area contributed by atoms with Crippen molar-refractivity contribution in [1.29, 1.82) is 5.26 Å². The van der Waals surface area contributed by atoms with Gasteiger partial charge in [0.2, 0.25) is 0 Å². The fourth-order valence-corrected chi connectivity index (χ4v) is 2.66. The summed E-state index contributed by atoms with van der Waals surface area (Å²) in [6.45, 7) is 0. The quantitative estimate of drug-likeness (QED) is 0.776. The second-order valence-corrected chi connectivity index (χ2v) is 4.85. The van der Waals surface area contributed by atoms with Gasteiger partial charge >= 0.3 is 0 Å². The van der Waals surface area contributed by atoms with Crippen molar-refractivity contribution in [2.75, 3.05) is 0 Å². The normalized spacial score (nSPS) is 9.64. The average Bonchev–Trinajstić information content (AvgIpc) is 2.72. The number of nitrogens with zero attached hydrogens (tertiary/aromatic N) is 2. The molecular weight excluding hydrogens is 212 g/mol.